The van der Waals surface area contributed by atoms with Crippen molar-refractivity contribution >= 4 is 25.9 Å². The van der Waals surface area contributed by atoms with Crippen molar-refractivity contribution in [3.63, 3.8) is 0 Å². The zero-order valence-electron chi connectivity index (χ0n) is 12.6. The van der Waals surface area contributed by atoms with Crippen molar-refractivity contribution in [3.8, 4) is 0 Å². The molecule has 0 unspecified atom stereocenters. The minimum Gasteiger partial charge on any atom is -0.283 e. The number of hydrogen-bond acceptors (Lipinski definition) is 4. The Balaban J connectivity index is 2.15. The maximum absolute atomic E-state index is 12.5. The van der Waals surface area contributed by atoms with Gasteiger partial charge < -0.3 is 0 Å². The normalized spacial score (nSPS) is 21.0. The Morgan fingerprint density at radius 1 is 1.14 bits per heavy atom. The summed E-state index contributed by atoms with van der Waals surface area (Å²) in [6.45, 7) is 0.320. The zero-order valence-corrected chi connectivity index (χ0v) is 14.3. The number of rotatable bonds is 5. The lowest BCUT2D eigenvalue weighted by Crippen LogP contribution is -2.49. The van der Waals surface area contributed by atoms with Gasteiger partial charge in [0, 0.05) is 32.9 Å². The van der Waals surface area contributed by atoms with E-state index in [1.54, 1.807) is 30.3 Å². The van der Waals surface area contributed by atoms with Crippen LogP contribution in [0.1, 0.15) is 12.8 Å². The smallest absolute Gasteiger partial charge is 0.281 e. The first-order valence-electron chi connectivity index (χ1n) is 6.98. The van der Waals surface area contributed by atoms with Crippen molar-refractivity contribution in [2.45, 2.75) is 18.1 Å². The third kappa shape index (κ3) is 3.78. The van der Waals surface area contributed by atoms with Gasteiger partial charge in [-0.3, -0.25) is 4.72 Å². The first-order valence-corrected chi connectivity index (χ1v) is 9.92. The molecule has 1 heterocycles. The average Bonchev–Trinajstić information content (AvgIpc) is 2.48. The van der Waals surface area contributed by atoms with Gasteiger partial charge in [-0.25, -0.2) is 8.42 Å². The number of benzene rings is 1. The van der Waals surface area contributed by atoms with Gasteiger partial charge in [-0.05, 0) is 25.0 Å². The van der Waals surface area contributed by atoms with E-state index >= 15 is 0 Å². The molecule has 1 aromatic rings. The number of hydrogen-bond donors (Lipinski definition) is 1. The Morgan fingerprint density at radius 3 is 2.36 bits per heavy atom. The summed E-state index contributed by atoms with van der Waals surface area (Å²) in [7, 11) is -4.34. The van der Waals surface area contributed by atoms with Crippen molar-refractivity contribution in [1.29, 1.82) is 0 Å². The fraction of sp³-hybridized carbons (Fsp3) is 0.538. The molecule has 0 bridgehead atoms. The third-order valence-corrected chi connectivity index (χ3v) is 7.29. The van der Waals surface area contributed by atoms with Crippen LogP contribution in [0, 0.1) is 0 Å². The van der Waals surface area contributed by atoms with Gasteiger partial charge in [-0.15, -0.1) is 0 Å². The van der Waals surface area contributed by atoms with Gasteiger partial charge in [0.15, 0.2) is 0 Å². The number of piperidine rings is 1. The maximum Gasteiger partial charge on any atom is 0.281 e. The highest BCUT2D eigenvalue weighted by Gasteiger charge is 2.36. The van der Waals surface area contributed by atoms with Crippen LogP contribution in [-0.2, 0) is 20.2 Å². The third-order valence-electron chi connectivity index (χ3n) is 3.60. The molecule has 2 rings (SSSR count). The molecule has 0 spiro atoms. The predicted octanol–water partition coefficient (Wildman–Crippen LogP) is 0.699. The second-order valence-corrected chi connectivity index (χ2v) is 9.53. The molecule has 1 saturated heterocycles. The Kier molecular flexibility index (Phi) is 5.10. The molecule has 1 aliphatic heterocycles. The monoisotopic (exact) mass is 347 g/mol. The number of anilines is 1. The van der Waals surface area contributed by atoms with Crippen molar-refractivity contribution in [2.24, 2.45) is 0 Å². The summed E-state index contributed by atoms with van der Waals surface area (Å²) in [5, 5.41) is -0.754. The van der Waals surface area contributed by atoms with Crippen LogP contribution >= 0.6 is 0 Å². The van der Waals surface area contributed by atoms with E-state index in [0.29, 0.717) is 25.1 Å². The molecule has 0 aliphatic carbocycles. The van der Waals surface area contributed by atoms with Gasteiger partial charge in [-0.1, -0.05) is 18.2 Å². The topological polar surface area (TPSA) is 86.8 Å². The van der Waals surface area contributed by atoms with Crippen molar-refractivity contribution in [2.75, 3.05) is 31.9 Å². The van der Waals surface area contributed by atoms with Gasteiger partial charge in [0.05, 0.1) is 5.25 Å². The zero-order chi connectivity index (χ0) is 16.4. The van der Waals surface area contributed by atoms with Crippen LogP contribution in [0.5, 0.6) is 0 Å². The average molecular weight is 347 g/mol. The molecule has 1 fully saturated rings. The SMILES string of the molecule is CN(C)S(=O)(=O)N1CCC[C@@H](S(=O)(=O)Nc2ccccc2)C1. The molecule has 9 heteroatoms. The molecular formula is C13H21N3O4S2. The highest BCUT2D eigenvalue weighted by atomic mass is 32.2. The van der Waals surface area contributed by atoms with E-state index in [0.717, 1.165) is 4.31 Å². The molecule has 7 nitrogen and oxygen atoms in total. The van der Waals surface area contributed by atoms with Gasteiger partial charge in [0.25, 0.3) is 10.2 Å². The number of sulfonamides is 1. The van der Waals surface area contributed by atoms with Crippen molar-refractivity contribution in [3.05, 3.63) is 30.3 Å². The lowest BCUT2D eigenvalue weighted by molar-refractivity contribution is 0.325. The van der Waals surface area contributed by atoms with Crippen LogP contribution in [-0.4, -0.2) is 57.9 Å². The van der Waals surface area contributed by atoms with Gasteiger partial charge >= 0.3 is 0 Å². The second kappa shape index (κ2) is 6.53. The molecular weight excluding hydrogens is 326 g/mol. The van der Waals surface area contributed by atoms with E-state index in [4.69, 9.17) is 0 Å². The largest absolute Gasteiger partial charge is 0.283 e. The molecule has 1 aliphatic rings. The van der Waals surface area contributed by atoms with Crippen LogP contribution in [0.3, 0.4) is 0 Å². The number of nitrogens with zero attached hydrogens (tertiary/aromatic N) is 2. The summed E-state index contributed by atoms with van der Waals surface area (Å²) in [6.07, 6.45) is 0.967. The highest BCUT2D eigenvalue weighted by molar-refractivity contribution is 7.93. The van der Waals surface area contributed by atoms with E-state index in [9.17, 15) is 16.8 Å². The minimum atomic E-state index is -3.63. The number of nitrogens with one attached hydrogen (secondary N) is 1. The fourth-order valence-electron chi connectivity index (χ4n) is 2.35. The van der Waals surface area contributed by atoms with Crippen LogP contribution in [0.4, 0.5) is 5.69 Å². The van der Waals surface area contributed by atoms with E-state index in [2.05, 4.69) is 4.72 Å². The quantitative estimate of drug-likeness (QED) is 0.849. The Morgan fingerprint density at radius 2 is 1.77 bits per heavy atom. The summed E-state index contributed by atoms with van der Waals surface area (Å²) >= 11 is 0. The lowest BCUT2D eigenvalue weighted by atomic mass is 10.2. The summed E-state index contributed by atoms with van der Waals surface area (Å²) in [6, 6.07) is 8.59. The molecule has 0 aromatic heterocycles. The summed E-state index contributed by atoms with van der Waals surface area (Å²) < 4.78 is 54.1. The van der Waals surface area contributed by atoms with E-state index < -0.39 is 25.5 Å². The lowest BCUT2D eigenvalue weighted by Gasteiger charge is -2.33. The van der Waals surface area contributed by atoms with Crippen LogP contribution in [0.15, 0.2) is 30.3 Å². The molecule has 1 atom stereocenters. The van der Waals surface area contributed by atoms with E-state index in [-0.39, 0.29) is 6.54 Å². The highest BCUT2D eigenvalue weighted by Crippen LogP contribution is 2.22. The Hall–Kier alpha value is -1.16. The van der Waals surface area contributed by atoms with E-state index in [1.165, 1.54) is 18.4 Å². The summed E-state index contributed by atoms with van der Waals surface area (Å²) in [5.41, 5.74) is 0.482. The van der Waals surface area contributed by atoms with Crippen molar-refractivity contribution < 1.29 is 16.8 Å². The fourth-order valence-corrected chi connectivity index (χ4v) is 5.12. The van der Waals surface area contributed by atoms with Crippen LogP contribution < -0.4 is 4.72 Å². The number of para-hydroxylation sites is 1. The van der Waals surface area contributed by atoms with Gasteiger partial charge in [-0.2, -0.15) is 17.0 Å². The summed E-state index contributed by atoms with van der Waals surface area (Å²) in [4.78, 5) is 0. The first-order chi connectivity index (χ1) is 10.2. The molecule has 124 valence electrons. The minimum absolute atomic E-state index is 0.0251. The second-order valence-electron chi connectivity index (χ2n) is 5.43. The molecule has 0 radical (unpaired) electrons. The molecule has 0 saturated carbocycles. The van der Waals surface area contributed by atoms with Gasteiger partial charge in [0.2, 0.25) is 10.0 Å². The standard InChI is InChI=1S/C13H21N3O4S2/c1-15(2)22(19,20)16-10-6-9-13(11-16)21(17,18)14-12-7-4-3-5-8-12/h3-5,7-8,13-14H,6,9-11H2,1-2H3/t13-/m1/s1. The Labute approximate surface area is 132 Å². The molecule has 22 heavy (non-hydrogen) atoms. The molecule has 1 N–H and O–H groups in total. The molecule has 1 aromatic carbocycles. The van der Waals surface area contributed by atoms with Gasteiger partial charge in [0.1, 0.15) is 0 Å². The van der Waals surface area contributed by atoms with Crippen LogP contribution in [0.2, 0.25) is 0 Å². The summed E-state index contributed by atoms with van der Waals surface area (Å²) in [5.74, 6) is 0. The van der Waals surface area contributed by atoms with Crippen molar-refractivity contribution in [1.82, 2.24) is 8.61 Å². The maximum atomic E-state index is 12.5. The predicted molar refractivity (Wildman–Crippen MR) is 86.2 cm³/mol. The first kappa shape index (κ1) is 17.2. The molecule has 0 amide bonds. The van der Waals surface area contributed by atoms with E-state index in [1.807, 2.05) is 0 Å². The Bertz CT molecular complexity index is 702. The van der Waals surface area contributed by atoms with Crippen LogP contribution in [0.25, 0.3) is 0 Å².